The lowest BCUT2D eigenvalue weighted by atomic mass is 10.0. The van der Waals surface area contributed by atoms with Gasteiger partial charge in [0.25, 0.3) is 0 Å². The predicted octanol–water partition coefficient (Wildman–Crippen LogP) is 2.52. The maximum atomic E-state index is 12.3. The van der Waals surface area contributed by atoms with Gasteiger partial charge in [-0.15, -0.1) is 0 Å². The van der Waals surface area contributed by atoms with E-state index in [1.54, 1.807) is 0 Å². The summed E-state index contributed by atoms with van der Waals surface area (Å²) in [5.41, 5.74) is 6.87. The summed E-state index contributed by atoms with van der Waals surface area (Å²) in [4.78, 5) is 12.3. The minimum Gasteiger partial charge on any atom is -0.486 e. The SMILES string of the molecule is C[C@H](NC(=O)[C@@H]1CC[C@@H](N)C1)c1cc2c(cc1Br)OCCO2. The summed E-state index contributed by atoms with van der Waals surface area (Å²) in [7, 11) is 0. The number of ether oxygens (including phenoxy) is 2. The average molecular weight is 369 g/mol. The first-order valence-electron chi connectivity index (χ1n) is 7.69. The van der Waals surface area contributed by atoms with Crippen LogP contribution in [0.25, 0.3) is 0 Å². The van der Waals surface area contributed by atoms with E-state index in [1.165, 1.54) is 0 Å². The molecule has 0 saturated heterocycles. The van der Waals surface area contributed by atoms with Gasteiger partial charge in [0.15, 0.2) is 11.5 Å². The largest absolute Gasteiger partial charge is 0.486 e. The molecule has 3 N–H and O–H groups in total. The first-order chi connectivity index (χ1) is 10.5. The van der Waals surface area contributed by atoms with Crippen LogP contribution in [0.5, 0.6) is 11.5 Å². The van der Waals surface area contributed by atoms with Crippen molar-refractivity contribution in [1.29, 1.82) is 0 Å². The van der Waals surface area contributed by atoms with Gasteiger partial charge in [-0.1, -0.05) is 15.9 Å². The van der Waals surface area contributed by atoms with E-state index in [-0.39, 0.29) is 23.9 Å². The van der Waals surface area contributed by atoms with Crippen molar-refractivity contribution >= 4 is 21.8 Å². The van der Waals surface area contributed by atoms with Gasteiger partial charge in [-0.3, -0.25) is 4.79 Å². The Morgan fingerprint density at radius 1 is 1.32 bits per heavy atom. The molecule has 1 fully saturated rings. The number of hydrogen-bond donors (Lipinski definition) is 2. The fourth-order valence-corrected chi connectivity index (χ4v) is 3.74. The third-order valence-corrected chi connectivity index (χ3v) is 5.02. The number of carbonyl (C=O) groups is 1. The van der Waals surface area contributed by atoms with Crippen LogP contribution in [0.15, 0.2) is 16.6 Å². The lowest BCUT2D eigenvalue weighted by Crippen LogP contribution is -2.32. The highest BCUT2D eigenvalue weighted by Gasteiger charge is 2.29. The second kappa shape index (κ2) is 6.46. The third-order valence-electron chi connectivity index (χ3n) is 4.33. The lowest BCUT2D eigenvalue weighted by molar-refractivity contribution is -0.125. The topological polar surface area (TPSA) is 73.6 Å². The van der Waals surface area contributed by atoms with Gasteiger partial charge in [0.2, 0.25) is 5.91 Å². The third kappa shape index (κ3) is 3.22. The molecule has 1 aliphatic carbocycles. The average Bonchev–Trinajstić information content (AvgIpc) is 2.93. The summed E-state index contributed by atoms with van der Waals surface area (Å²) < 4.78 is 12.1. The van der Waals surface area contributed by atoms with Crippen LogP contribution in [-0.2, 0) is 4.79 Å². The molecular weight excluding hydrogens is 348 g/mol. The molecule has 1 heterocycles. The molecular formula is C16H21BrN2O3. The Morgan fingerprint density at radius 2 is 2.00 bits per heavy atom. The number of hydrogen-bond acceptors (Lipinski definition) is 4. The Bertz CT molecular complexity index is 579. The lowest BCUT2D eigenvalue weighted by Gasteiger charge is -2.23. The highest BCUT2D eigenvalue weighted by Crippen LogP contribution is 2.38. The van der Waals surface area contributed by atoms with Gasteiger partial charge in [0.1, 0.15) is 13.2 Å². The van der Waals surface area contributed by atoms with Crippen molar-refractivity contribution in [2.45, 2.75) is 38.3 Å². The van der Waals surface area contributed by atoms with E-state index in [0.717, 1.165) is 40.8 Å². The van der Waals surface area contributed by atoms with Crippen molar-refractivity contribution in [3.63, 3.8) is 0 Å². The molecule has 1 aliphatic heterocycles. The fourth-order valence-electron chi connectivity index (χ4n) is 3.08. The van der Waals surface area contributed by atoms with Crippen LogP contribution in [0, 0.1) is 5.92 Å². The Hall–Kier alpha value is -1.27. The quantitative estimate of drug-likeness (QED) is 0.859. The molecule has 3 atom stereocenters. The summed E-state index contributed by atoms with van der Waals surface area (Å²) in [6.45, 7) is 3.09. The molecule has 2 aliphatic rings. The molecule has 1 aromatic carbocycles. The van der Waals surface area contributed by atoms with Crippen LogP contribution < -0.4 is 20.5 Å². The number of benzene rings is 1. The molecule has 1 saturated carbocycles. The van der Waals surface area contributed by atoms with Gasteiger partial charge in [0, 0.05) is 16.4 Å². The summed E-state index contributed by atoms with van der Waals surface area (Å²) in [5.74, 6) is 1.59. The molecule has 0 unspecified atom stereocenters. The van der Waals surface area contributed by atoms with E-state index < -0.39 is 0 Å². The zero-order chi connectivity index (χ0) is 15.7. The van der Waals surface area contributed by atoms with Crippen LogP contribution in [0.4, 0.5) is 0 Å². The molecule has 0 radical (unpaired) electrons. The normalized spacial score (nSPS) is 24.9. The van der Waals surface area contributed by atoms with Gasteiger partial charge in [-0.25, -0.2) is 0 Å². The van der Waals surface area contributed by atoms with Crippen LogP contribution >= 0.6 is 15.9 Å². The van der Waals surface area contributed by atoms with Crippen molar-refractivity contribution in [3.05, 3.63) is 22.2 Å². The van der Waals surface area contributed by atoms with Crippen LogP contribution in [0.1, 0.15) is 37.8 Å². The highest BCUT2D eigenvalue weighted by atomic mass is 79.9. The van der Waals surface area contributed by atoms with Gasteiger partial charge in [0.05, 0.1) is 6.04 Å². The second-order valence-electron chi connectivity index (χ2n) is 6.02. The maximum Gasteiger partial charge on any atom is 0.223 e. The van der Waals surface area contributed by atoms with Crippen molar-refractivity contribution in [3.8, 4) is 11.5 Å². The van der Waals surface area contributed by atoms with E-state index in [9.17, 15) is 4.79 Å². The molecule has 22 heavy (non-hydrogen) atoms. The smallest absolute Gasteiger partial charge is 0.223 e. The number of amides is 1. The molecule has 0 bridgehead atoms. The zero-order valence-electron chi connectivity index (χ0n) is 12.6. The van der Waals surface area contributed by atoms with Crippen molar-refractivity contribution in [2.75, 3.05) is 13.2 Å². The molecule has 1 aromatic rings. The zero-order valence-corrected chi connectivity index (χ0v) is 14.2. The highest BCUT2D eigenvalue weighted by molar-refractivity contribution is 9.10. The Balaban J connectivity index is 1.71. The van der Waals surface area contributed by atoms with E-state index in [0.29, 0.717) is 13.2 Å². The summed E-state index contributed by atoms with van der Waals surface area (Å²) in [6.07, 6.45) is 2.59. The number of nitrogens with two attached hydrogens (primary N) is 1. The van der Waals surface area contributed by atoms with Crippen molar-refractivity contribution in [2.24, 2.45) is 11.7 Å². The molecule has 1 amide bonds. The van der Waals surface area contributed by atoms with Crippen molar-refractivity contribution < 1.29 is 14.3 Å². The number of fused-ring (bicyclic) bond motifs is 1. The fraction of sp³-hybridized carbons (Fsp3) is 0.562. The Labute approximate surface area is 138 Å². The number of halogens is 1. The van der Waals surface area contributed by atoms with Gasteiger partial charge >= 0.3 is 0 Å². The number of carbonyl (C=O) groups excluding carboxylic acids is 1. The Morgan fingerprint density at radius 3 is 2.64 bits per heavy atom. The van der Waals surface area contributed by atoms with E-state index in [1.807, 2.05) is 19.1 Å². The molecule has 5 nitrogen and oxygen atoms in total. The molecule has 3 rings (SSSR count). The maximum absolute atomic E-state index is 12.3. The van der Waals surface area contributed by atoms with Gasteiger partial charge in [-0.2, -0.15) is 0 Å². The van der Waals surface area contributed by atoms with Crippen LogP contribution in [0.3, 0.4) is 0 Å². The summed E-state index contributed by atoms with van der Waals surface area (Å²) in [5, 5.41) is 3.09. The van der Waals surface area contributed by atoms with Crippen LogP contribution in [0.2, 0.25) is 0 Å². The number of rotatable bonds is 3. The predicted molar refractivity (Wildman–Crippen MR) is 87.0 cm³/mol. The summed E-state index contributed by atoms with van der Waals surface area (Å²) in [6, 6.07) is 3.89. The van der Waals surface area contributed by atoms with E-state index in [4.69, 9.17) is 15.2 Å². The molecule has 0 spiro atoms. The van der Waals surface area contributed by atoms with Gasteiger partial charge in [-0.05, 0) is 43.9 Å². The minimum absolute atomic E-state index is 0.0356. The molecule has 6 heteroatoms. The van der Waals surface area contributed by atoms with E-state index >= 15 is 0 Å². The first-order valence-corrected chi connectivity index (χ1v) is 8.49. The summed E-state index contributed by atoms with van der Waals surface area (Å²) >= 11 is 3.55. The van der Waals surface area contributed by atoms with Crippen molar-refractivity contribution in [1.82, 2.24) is 5.32 Å². The van der Waals surface area contributed by atoms with Gasteiger partial charge < -0.3 is 20.5 Å². The monoisotopic (exact) mass is 368 g/mol. The standard InChI is InChI=1S/C16H21BrN2O3/c1-9(19-16(20)10-2-3-11(18)6-10)12-7-14-15(8-13(12)17)22-5-4-21-14/h7-11H,2-6,18H2,1H3,(H,19,20)/t9-,10+,11+/m0/s1. The van der Waals surface area contributed by atoms with E-state index in [2.05, 4.69) is 21.2 Å². The number of nitrogens with one attached hydrogen (secondary N) is 1. The second-order valence-corrected chi connectivity index (χ2v) is 6.87. The first kappa shape index (κ1) is 15.6. The van der Waals surface area contributed by atoms with Crippen LogP contribution in [-0.4, -0.2) is 25.2 Å². The Kier molecular flexibility index (Phi) is 4.59. The molecule has 120 valence electrons. The molecule has 0 aromatic heterocycles. The minimum atomic E-state index is -0.102.